The van der Waals surface area contributed by atoms with Crippen LogP contribution in [-0.4, -0.2) is 51.0 Å². The Bertz CT molecular complexity index is 1430. The Morgan fingerprint density at radius 2 is 1.71 bits per heavy atom. The van der Waals surface area contributed by atoms with Gasteiger partial charge in [-0.2, -0.15) is 5.10 Å². The number of fused-ring (bicyclic) bond motifs is 1. The molecule has 1 fully saturated rings. The molecule has 4 amide bonds. The van der Waals surface area contributed by atoms with E-state index in [1.165, 1.54) is 4.90 Å². The number of amides is 4. The second-order valence-electron chi connectivity index (χ2n) is 8.85. The van der Waals surface area contributed by atoms with E-state index in [1.807, 2.05) is 79.0 Å². The van der Waals surface area contributed by atoms with Gasteiger partial charge < -0.3 is 10.2 Å². The zero-order chi connectivity index (χ0) is 24.6. The normalized spacial score (nSPS) is 17.6. The fourth-order valence-electron chi connectivity index (χ4n) is 4.47. The molecule has 4 aromatic rings. The quantitative estimate of drug-likeness (QED) is 0.440. The first-order chi connectivity index (χ1) is 16.9. The number of para-hydroxylation sites is 1. The smallest absolute Gasteiger partial charge is 0.325 e. The van der Waals surface area contributed by atoms with Crippen molar-refractivity contribution in [3.8, 4) is 5.69 Å². The lowest BCUT2D eigenvalue weighted by atomic mass is 9.88. The molecule has 1 aliphatic rings. The monoisotopic (exact) mass is 467 g/mol. The van der Waals surface area contributed by atoms with Gasteiger partial charge in [0.1, 0.15) is 12.1 Å². The molecule has 0 spiro atoms. The molecule has 1 aliphatic heterocycles. The Labute approximate surface area is 202 Å². The third kappa shape index (κ3) is 4.03. The standard InChI is InChI=1S/C27H25N5O3/c1-27(23-14-8-10-20-9-6-7-13-22(20)23)25(34)31(26(35)29-27)18-24(33)30(2)16-19-15-28-32(17-19)21-11-4-3-5-12-21/h3-15,17H,16,18H2,1-2H3,(H,29,35)/t27-/m1/s1. The maximum Gasteiger partial charge on any atom is 0.325 e. The highest BCUT2D eigenvalue weighted by atomic mass is 16.2. The molecule has 0 radical (unpaired) electrons. The van der Waals surface area contributed by atoms with Crippen LogP contribution in [0.5, 0.6) is 0 Å². The van der Waals surface area contributed by atoms with E-state index < -0.39 is 17.5 Å². The second-order valence-corrected chi connectivity index (χ2v) is 8.85. The van der Waals surface area contributed by atoms with Crippen LogP contribution in [-0.2, 0) is 21.7 Å². The van der Waals surface area contributed by atoms with Crippen LogP contribution in [0.3, 0.4) is 0 Å². The van der Waals surface area contributed by atoms with E-state index in [2.05, 4.69) is 10.4 Å². The van der Waals surface area contributed by atoms with Crippen LogP contribution >= 0.6 is 0 Å². The average Bonchev–Trinajstić information content (AvgIpc) is 3.42. The first kappa shape index (κ1) is 22.3. The lowest BCUT2D eigenvalue weighted by Gasteiger charge is -2.24. The lowest BCUT2D eigenvalue weighted by Crippen LogP contribution is -2.43. The van der Waals surface area contributed by atoms with Crippen molar-refractivity contribution in [3.63, 3.8) is 0 Å². The van der Waals surface area contributed by atoms with Gasteiger partial charge in [0, 0.05) is 25.4 Å². The van der Waals surface area contributed by atoms with Gasteiger partial charge in [0.05, 0.1) is 11.9 Å². The Kier molecular flexibility index (Phi) is 5.56. The highest BCUT2D eigenvalue weighted by Crippen LogP contribution is 2.33. The van der Waals surface area contributed by atoms with Crippen molar-refractivity contribution in [1.82, 2.24) is 24.9 Å². The molecule has 8 heteroatoms. The van der Waals surface area contributed by atoms with Crippen LogP contribution in [0.4, 0.5) is 4.79 Å². The Morgan fingerprint density at radius 3 is 2.51 bits per heavy atom. The first-order valence-electron chi connectivity index (χ1n) is 11.3. The number of imide groups is 1. The number of nitrogens with zero attached hydrogens (tertiary/aromatic N) is 4. The van der Waals surface area contributed by atoms with Gasteiger partial charge in [0.25, 0.3) is 5.91 Å². The minimum absolute atomic E-state index is 0.301. The third-order valence-corrected chi connectivity index (χ3v) is 6.40. The number of hydrogen-bond acceptors (Lipinski definition) is 4. The number of urea groups is 1. The predicted octanol–water partition coefficient (Wildman–Crippen LogP) is 3.45. The van der Waals surface area contributed by atoms with Crippen LogP contribution in [0.2, 0.25) is 0 Å². The van der Waals surface area contributed by atoms with Crippen LogP contribution in [0, 0.1) is 0 Å². The number of benzene rings is 3. The van der Waals surface area contributed by atoms with Gasteiger partial charge in [0.15, 0.2) is 0 Å². The molecular formula is C27H25N5O3. The summed E-state index contributed by atoms with van der Waals surface area (Å²) < 4.78 is 1.74. The molecule has 3 aromatic carbocycles. The molecule has 0 saturated carbocycles. The molecule has 0 aliphatic carbocycles. The summed E-state index contributed by atoms with van der Waals surface area (Å²) in [7, 11) is 1.64. The van der Waals surface area contributed by atoms with Gasteiger partial charge >= 0.3 is 6.03 Å². The maximum absolute atomic E-state index is 13.4. The number of rotatable bonds is 6. The highest BCUT2D eigenvalue weighted by Gasteiger charge is 2.50. The van der Waals surface area contributed by atoms with E-state index in [0.717, 1.165) is 26.9 Å². The summed E-state index contributed by atoms with van der Waals surface area (Å²) in [5, 5.41) is 9.01. The van der Waals surface area contributed by atoms with E-state index in [9.17, 15) is 14.4 Å². The van der Waals surface area contributed by atoms with Crippen molar-refractivity contribution >= 4 is 28.6 Å². The van der Waals surface area contributed by atoms with Crippen LogP contribution < -0.4 is 5.32 Å². The number of aromatic nitrogens is 2. The first-order valence-corrected chi connectivity index (χ1v) is 11.3. The topological polar surface area (TPSA) is 87.5 Å². The predicted molar refractivity (Wildman–Crippen MR) is 132 cm³/mol. The Balaban J connectivity index is 1.30. The van der Waals surface area contributed by atoms with Crippen LogP contribution in [0.15, 0.2) is 85.2 Å². The van der Waals surface area contributed by atoms with Crippen molar-refractivity contribution in [2.45, 2.75) is 19.0 Å². The maximum atomic E-state index is 13.4. The van der Waals surface area contributed by atoms with Gasteiger partial charge in [-0.15, -0.1) is 0 Å². The molecule has 176 valence electrons. The third-order valence-electron chi connectivity index (χ3n) is 6.40. The number of nitrogens with one attached hydrogen (secondary N) is 1. The van der Waals surface area contributed by atoms with Gasteiger partial charge in [0.2, 0.25) is 5.91 Å². The van der Waals surface area contributed by atoms with Gasteiger partial charge in [-0.3, -0.25) is 14.5 Å². The summed E-state index contributed by atoms with van der Waals surface area (Å²) in [6, 6.07) is 22.4. The van der Waals surface area contributed by atoms with Crippen LogP contribution in [0.25, 0.3) is 16.5 Å². The van der Waals surface area contributed by atoms with Gasteiger partial charge in [-0.25, -0.2) is 9.48 Å². The zero-order valence-corrected chi connectivity index (χ0v) is 19.5. The van der Waals surface area contributed by atoms with E-state index in [4.69, 9.17) is 0 Å². The summed E-state index contributed by atoms with van der Waals surface area (Å²) in [6.45, 7) is 1.64. The number of likely N-dealkylation sites (N-methyl/N-ethyl adjacent to an activating group) is 1. The molecule has 1 saturated heterocycles. The number of carbonyl (C=O) groups is 3. The van der Waals surface area contributed by atoms with Crippen LogP contribution in [0.1, 0.15) is 18.1 Å². The zero-order valence-electron chi connectivity index (χ0n) is 19.5. The Hall–Kier alpha value is -4.46. The molecule has 1 atom stereocenters. The molecule has 8 nitrogen and oxygen atoms in total. The molecule has 0 unspecified atom stereocenters. The summed E-state index contributed by atoms with van der Waals surface area (Å²) in [6.07, 6.45) is 3.55. The van der Waals surface area contributed by atoms with Gasteiger partial charge in [-0.05, 0) is 35.4 Å². The molecule has 2 heterocycles. The van der Waals surface area contributed by atoms with E-state index in [-0.39, 0.29) is 12.5 Å². The summed E-state index contributed by atoms with van der Waals surface area (Å²) in [5.41, 5.74) is 1.20. The molecule has 5 rings (SSSR count). The second kappa shape index (κ2) is 8.72. The van der Waals surface area contributed by atoms with Crippen molar-refractivity contribution in [1.29, 1.82) is 0 Å². The van der Waals surface area contributed by atoms with Gasteiger partial charge in [-0.1, -0.05) is 60.7 Å². The number of carbonyl (C=O) groups excluding carboxylic acids is 3. The van der Waals surface area contributed by atoms with Crippen molar-refractivity contribution in [2.75, 3.05) is 13.6 Å². The molecule has 35 heavy (non-hydrogen) atoms. The molecule has 0 bridgehead atoms. The average molecular weight is 468 g/mol. The summed E-state index contributed by atoms with van der Waals surface area (Å²) in [5.74, 6) is -0.791. The SMILES string of the molecule is CN(Cc1cnn(-c2ccccc2)c1)C(=O)CN1C(=O)N[C@](C)(c2cccc3ccccc23)C1=O. The molecule has 1 N–H and O–H groups in total. The summed E-state index contributed by atoms with van der Waals surface area (Å²) in [4.78, 5) is 41.6. The summed E-state index contributed by atoms with van der Waals surface area (Å²) >= 11 is 0. The van der Waals surface area contributed by atoms with E-state index in [1.54, 1.807) is 24.9 Å². The van der Waals surface area contributed by atoms with E-state index in [0.29, 0.717) is 12.1 Å². The minimum atomic E-state index is -1.26. The van der Waals surface area contributed by atoms with Crippen molar-refractivity contribution in [2.24, 2.45) is 0 Å². The largest absolute Gasteiger partial charge is 0.340 e. The fourth-order valence-corrected chi connectivity index (χ4v) is 4.47. The fraction of sp³-hybridized carbons (Fsp3) is 0.185. The molecular weight excluding hydrogens is 442 g/mol. The Morgan fingerprint density at radius 1 is 1.00 bits per heavy atom. The minimum Gasteiger partial charge on any atom is -0.340 e. The van der Waals surface area contributed by atoms with Crippen molar-refractivity contribution < 1.29 is 14.4 Å². The number of hydrogen-bond donors (Lipinski definition) is 1. The lowest BCUT2D eigenvalue weighted by molar-refractivity contribution is -0.138. The highest BCUT2D eigenvalue weighted by molar-refractivity contribution is 6.10. The molecule has 1 aromatic heterocycles. The van der Waals surface area contributed by atoms with Crippen molar-refractivity contribution in [3.05, 3.63) is 96.3 Å². The van der Waals surface area contributed by atoms with E-state index >= 15 is 0 Å².